The van der Waals surface area contributed by atoms with Gasteiger partial charge >= 0.3 is 0 Å². The standard InChI is InChI=1S/C15H10FN3O/c16-11-4-6-13-10(8-11)3-5-14(19-13)15(20)18-12-2-1-7-17-9-12/h1-9H,(H,18,20). The number of benzene rings is 1. The lowest BCUT2D eigenvalue weighted by atomic mass is 10.2. The van der Waals surface area contributed by atoms with Crippen LogP contribution in [0.1, 0.15) is 10.5 Å². The van der Waals surface area contributed by atoms with Crippen LogP contribution in [0.3, 0.4) is 0 Å². The Balaban J connectivity index is 1.90. The number of anilines is 1. The molecule has 0 fully saturated rings. The highest BCUT2D eigenvalue weighted by molar-refractivity contribution is 6.03. The smallest absolute Gasteiger partial charge is 0.274 e. The van der Waals surface area contributed by atoms with Crippen LogP contribution in [0.25, 0.3) is 10.9 Å². The first-order chi connectivity index (χ1) is 9.72. The average Bonchev–Trinajstić information content (AvgIpc) is 2.47. The predicted octanol–water partition coefficient (Wildman–Crippen LogP) is 3.02. The van der Waals surface area contributed by atoms with Crippen LogP contribution < -0.4 is 5.32 Å². The summed E-state index contributed by atoms with van der Waals surface area (Å²) in [6.45, 7) is 0. The van der Waals surface area contributed by atoms with Gasteiger partial charge in [0.2, 0.25) is 0 Å². The Morgan fingerprint density at radius 2 is 2.05 bits per heavy atom. The molecule has 1 amide bonds. The van der Waals surface area contributed by atoms with Gasteiger partial charge in [-0.15, -0.1) is 0 Å². The predicted molar refractivity (Wildman–Crippen MR) is 73.9 cm³/mol. The fraction of sp³-hybridized carbons (Fsp3) is 0. The summed E-state index contributed by atoms with van der Waals surface area (Å²) in [7, 11) is 0. The monoisotopic (exact) mass is 267 g/mol. The van der Waals surface area contributed by atoms with Gasteiger partial charge in [-0.1, -0.05) is 6.07 Å². The summed E-state index contributed by atoms with van der Waals surface area (Å²) in [6, 6.07) is 10.9. The molecular weight excluding hydrogens is 257 g/mol. The van der Waals surface area contributed by atoms with Crippen molar-refractivity contribution in [3.63, 3.8) is 0 Å². The van der Waals surface area contributed by atoms with Crippen molar-refractivity contribution < 1.29 is 9.18 Å². The van der Waals surface area contributed by atoms with Crippen LogP contribution in [0, 0.1) is 5.82 Å². The van der Waals surface area contributed by atoms with E-state index < -0.39 is 0 Å². The molecule has 0 bridgehead atoms. The molecule has 0 aliphatic carbocycles. The highest BCUT2D eigenvalue weighted by Gasteiger charge is 2.09. The lowest BCUT2D eigenvalue weighted by Crippen LogP contribution is -2.13. The Morgan fingerprint density at radius 1 is 1.15 bits per heavy atom. The van der Waals surface area contributed by atoms with Gasteiger partial charge in [0.05, 0.1) is 17.4 Å². The van der Waals surface area contributed by atoms with Crippen molar-refractivity contribution >= 4 is 22.5 Å². The van der Waals surface area contributed by atoms with E-state index in [-0.39, 0.29) is 17.4 Å². The van der Waals surface area contributed by atoms with Gasteiger partial charge in [-0.25, -0.2) is 9.37 Å². The van der Waals surface area contributed by atoms with E-state index in [1.165, 1.54) is 12.1 Å². The summed E-state index contributed by atoms with van der Waals surface area (Å²) in [5, 5.41) is 3.35. The second-order valence-electron chi connectivity index (χ2n) is 4.23. The molecule has 0 radical (unpaired) electrons. The first-order valence-corrected chi connectivity index (χ1v) is 6.00. The molecule has 20 heavy (non-hydrogen) atoms. The van der Waals surface area contributed by atoms with Crippen LogP contribution in [0.5, 0.6) is 0 Å². The Morgan fingerprint density at radius 3 is 2.85 bits per heavy atom. The molecule has 3 aromatic rings. The molecule has 1 aromatic carbocycles. The summed E-state index contributed by atoms with van der Waals surface area (Å²) in [6.07, 6.45) is 3.17. The van der Waals surface area contributed by atoms with Gasteiger partial charge < -0.3 is 5.32 Å². The molecule has 98 valence electrons. The van der Waals surface area contributed by atoms with E-state index in [9.17, 15) is 9.18 Å². The summed E-state index contributed by atoms with van der Waals surface area (Å²) >= 11 is 0. The van der Waals surface area contributed by atoms with E-state index in [4.69, 9.17) is 0 Å². The lowest BCUT2D eigenvalue weighted by molar-refractivity contribution is 0.102. The van der Waals surface area contributed by atoms with Gasteiger partial charge in [0.15, 0.2) is 0 Å². The summed E-state index contributed by atoms with van der Waals surface area (Å²) in [5.74, 6) is -0.656. The molecule has 0 unspecified atom stereocenters. The lowest BCUT2D eigenvalue weighted by Gasteiger charge is -2.05. The van der Waals surface area contributed by atoms with Crippen molar-refractivity contribution in [2.24, 2.45) is 0 Å². The third kappa shape index (κ3) is 2.47. The molecule has 2 heterocycles. The van der Waals surface area contributed by atoms with Gasteiger partial charge in [-0.05, 0) is 36.4 Å². The van der Waals surface area contributed by atoms with E-state index in [1.54, 1.807) is 42.7 Å². The largest absolute Gasteiger partial charge is 0.319 e. The molecule has 1 N–H and O–H groups in total. The molecule has 0 saturated carbocycles. The quantitative estimate of drug-likeness (QED) is 0.776. The average molecular weight is 267 g/mol. The zero-order valence-electron chi connectivity index (χ0n) is 10.4. The van der Waals surface area contributed by atoms with Crippen molar-refractivity contribution in [2.45, 2.75) is 0 Å². The van der Waals surface area contributed by atoms with Crippen LogP contribution in [0.15, 0.2) is 54.9 Å². The topological polar surface area (TPSA) is 54.9 Å². The van der Waals surface area contributed by atoms with Crippen molar-refractivity contribution in [3.05, 3.63) is 66.4 Å². The molecule has 0 spiro atoms. The molecule has 0 saturated heterocycles. The number of pyridine rings is 2. The van der Waals surface area contributed by atoms with Gasteiger partial charge in [-0.2, -0.15) is 0 Å². The maximum atomic E-state index is 13.1. The van der Waals surface area contributed by atoms with E-state index in [2.05, 4.69) is 15.3 Å². The SMILES string of the molecule is O=C(Nc1cccnc1)c1ccc2cc(F)ccc2n1. The zero-order chi connectivity index (χ0) is 13.9. The third-order valence-electron chi connectivity index (χ3n) is 2.80. The van der Waals surface area contributed by atoms with E-state index >= 15 is 0 Å². The van der Waals surface area contributed by atoms with Crippen LogP contribution in [0.4, 0.5) is 10.1 Å². The van der Waals surface area contributed by atoms with Crippen molar-refractivity contribution in [1.29, 1.82) is 0 Å². The van der Waals surface area contributed by atoms with E-state index in [0.717, 1.165) is 0 Å². The summed E-state index contributed by atoms with van der Waals surface area (Å²) in [5.41, 5.74) is 1.44. The minimum atomic E-state index is -0.329. The van der Waals surface area contributed by atoms with Crippen molar-refractivity contribution in [1.82, 2.24) is 9.97 Å². The van der Waals surface area contributed by atoms with Crippen LogP contribution >= 0.6 is 0 Å². The second-order valence-corrected chi connectivity index (χ2v) is 4.23. The number of carbonyl (C=O) groups excluding carboxylic acids is 1. The molecule has 0 aliphatic rings. The van der Waals surface area contributed by atoms with E-state index in [0.29, 0.717) is 16.6 Å². The normalized spacial score (nSPS) is 10.4. The van der Waals surface area contributed by atoms with Gasteiger partial charge in [-0.3, -0.25) is 9.78 Å². The van der Waals surface area contributed by atoms with E-state index in [1.807, 2.05) is 0 Å². The van der Waals surface area contributed by atoms with Crippen LogP contribution in [-0.4, -0.2) is 15.9 Å². The van der Waals surface area contributed by atoms with Gasteiger partial charge in [0, 0.05) is 11.6 Å². The maximum absolute atomic E-state index is 13.1. The first-order valence-electron chi connectivity index (χ1n) is 6.00. The molecule has 5 heteroatoms. The summed E-state index contributed by atoms with van der Waals surface area (Å²) in [4.78, 5) is 20.2. The minimum Gasteiger partial charge on any atom is -0.319 e. The highest BCUT2D eigenvalue weighted by atomic mass is 19.1. The first kappa shape index (κ1) is 12.2. The highest BCUT2D eigenvalue weighted by Crippen LogP contribution is 2.15. The van der Waals surface area contributed by atoms with Crippen LogP contribution in [-0.2, 0) is 0 Å². The molecule has 0 aliphatic heterocycles. The molecule has 3 rings (SSSR count). The number of hydrogen-bond acceptors (Lipinski definition) is 3. The summed E-state index contributed by atoms with van der Waals surface area (Å²) < 4.78 is 13.1. The Hall–Kier alpha value is -2.82. The number of halogens is 1. The van der Waals surface area contributed by atoms with Gasteiger partial charge in [0.25, 0.3) is 5.91 Å². The fourth-order valence-electron chi connectivity index (χ4n) is 1.85. The Labute approximate surface area is 114 Å². The number of fused-ring (bicyclic) bond motifs is 1. The maximum Gasteiger partial charge on any atom is 0.274 e. The molecule has 2 aromatic heterocycles. The zero-order valence-corrected chi connectivity index (χ0v) is 10.4. The molecule has 4 nitrogen and oxygen atoms in total. The number of hydrogen-bond donors (Lipinski definition) is 1. The number of nitrogens with one attached hydrogen (secondary N) is 1. The number of amides is 1. The van der Waals surface area contributed by atoms with Gasteiger partial charge in [0.1, 0.15) is 11.5 Å². The fourth-order valence-corrected chi connectivity index (χ4v) is 1.85. The van der Waals surface area contributed by atoms with Crippen molar-refractivity contribution in [3.8, 4) is 0 Å². The third-order valence-corrected chi connectivity index (χ3v) is 2.80. The van der Waals surface area contributed by atoms with Crippen molar-refractivity contribution in [2.75, 3.05) is 5.32 Å². The number of nitrogens with zero attached hydrogens (tertiary/aromatic N) is 2. The Bertz CT molecular complexity index is 774. The van der Waals surface area contributed by atoms with Crippen LogP contribution in [0.2, 0.25) is 0 Å². The Kier molecular flexibility index (Phi) is 3.09. The second kappa shape index (κ2) is 5.05. The molecular formula is C15H10FN3O. The molecule has 0 atom stereocenters. The number of aromatic nitrogens is 2. The number of carbonyl (C=O) groups is 1. The number of rotatable bonds is 2. The minimum absolute atomic E-state index is 0.271.